The number of rotatable bonds is 4. The highest BCUT2D eigenvalue weighted by Gasteiger charge is 2.20. The summed E-state index contributed by atoms with van der Waals surface area (Å²) in [4.78, 5) is 0.948. The normalized spacial score (nSPS) is 11.7. The standard InChI is InChI=1S/C11H17N3O2S2/c1-13(2)18(15,16)14(3)8-11-7-10(9-17-11)5-4-6-12/h7,9H,6,8,12H2,1-3H3. The molecule has 1 heterocycles. The fourth-order valence-corrected chi connectivity index (χ4v) is 3.07. The lowest BCUT2D eigenvalue weighted by atomic mass is 10.3. The summed E-state index contributed by atoms with van der Waals surface area (Å²) in [5.74, 6) is 5.68. The molecule has 0 fully saturated rings. The van der Waals surface area contributed by atoms with Crippen molar-refractivity contribution in [2.45, 2.75) is 6.54 Å². The number of nitrogens with two attached hydrogens (primary N) is 1. The first-order valence-electron chi connectivity index (χ1n) is 5.28. The molecule has 18 heavy (non-hydrogen) atoms. The van der Waals surface area contributed by atoms with Gasteiger partial charge in [0.2, 0.25) is 0 Å². The molecule has 7 heteroatoms. The van der Waals surface area contributed by atoms with Crippen LogP contribution in [0.3, 0.4) is 0 Å². The smallest absolute Gasteiger partial charge is 0.281 e. The van der Waals surface area contributed by atoms with Crippen molar-refractivity contribution in [2.75, 3.05) is 27.7 Å². The van der Waals surface area contributed by atoms with Gasteiger partial charge in [-0.1, -0.05) is 11.8 Å². The van der Waals surface area contributed by atoms with Gasteiger partial charge in [0.15, 0.2) is 0 Å². The lowest BCUT2D eigenvalue weighted by Gasteiger charge is -2.20. The van der Waals surface area contributed by atoms with Crippen molar-refractivity contribution >= 4 is 21.5 Å². The summed E-state index contributed by atoms with van der Waals surface area (Å²) in [5.41, 5.74) is 6.16. The molecule has 0 aromatic carbocycles. The van der Waals surface area contributed by atoms with Crippen molar-refractivity contribution in [1.82, 2.24) is 8.61 Å². The van der Waals surface area contributed by atoms with Gasteiger partial charge in [-0.2, -0.15) is 17.0 Å². The summed E-state index contributed by atoms with van der Waals surface area (Å²) in [7, 11) is 1.21. The van der Waals surface area contributed by atoms with E-state index in [2.05, 4.69) is 11.8 Å². The van der Waals surface area contributed by atoms with E-state index in [9.17, 15) is 8.42 Å². The molecule has 0 atom stereocenters. The number of nitrogens with zero attached hydrogens (tertiary/aromatic N) is 2. The second kappa shape index (κ2) is 6.31. The highest BCUT2D eigenvalue weighted by atomic mass is 32.2. The molecule has 0 radical (unpaired) electrons. The summed E-state index contributed by atoms with van der Waals surface area (Å²) in [6, 6.07) is 1.88. The topological polar surface area (TPSA) is 66.6 Å². The molecule has 0 aliphatic rings. The van der Waals surface area contributed by atoms with Crippen LogP contribution in [-0.4, -0.2) is 44.7 Å². The van der Waals surface area contributed by atoms with E-state index in [0.29, 0.717) is 13.1 Å². The third-order valence-corrected chi connectivity index (χ3v) is 4.98. The van der Waals surface area contributed by atoms with Gasteiger partial charge >= 0.3 is 0 Å². The average Bonchev–Trinajstić information content (AvgIpc) is 2.73. The molecule has 0 bridgehead atoms. The number of hydrogen-bond acceptors (Lipinski definition) is 4. The van der Waals surface area contributed by atoms with Gasteiger partial charge < -0.3 is 5.73 Å². The Kier molecular flexibility index (Phi) is 5.31. The molecular weight excluding hydrogens is 270 g/mol. The van der Waals surface area contributed by atoms with Crippen molar-refractivity contribution in [2.24, 2.45) is 5.73 Å². The monoisotopic (exact) mass is 287 g/mol. The summed E-state index contributed by atoms with van der Waals surface area (Å²) in [6.07, 6.45) is 0. The third-order valence-electron chi connectivity index (χ3n) is 2.22. The minimum Gasteiger partial charge on any atom is -0.320 e. The van der Waals surface area contributed by atoms with E-state index in [1.165, 1.54) is 34.0 Å². The molecule has 1 aromatic heterocycles. The molecule has 1 rings (SSSR count). The van der Waals surface area contributed by atoms with Crippen LogP contribution in [0.25, 0.3) is 0 Å². The predicted molar refractivity (Wildman–Crippen MR) is 74.3 cm³/mol. The lowest BCUT2D eigenvalue weighted by molar-refractivity contribution is 0.416. The SMILES string of the molecule is CN(C)S(=O)(=O)N(C)Cc1cc(C#CCN)cs1. The minimum absolute atomic E-state index is 0.320. The second-order valence-electron chi connectivity index (χ2n) is 3.85. The Labute approximate surface area is 112 Å². The Bertz CT molecular complexity index is 552. The lowest BCUT2D eigenvalue weighted by Crippen LogP contribution is -2.36. The molecule has 0 saturated carbocycles. The predicted octanol–water partition coefficient (Wildman–Crippen LogP) is 0.296. The summed E-state index contributed by atoms with van der Waals surface area (Å²) in [6.45, 7) is 0.662. The van der Waals surface area contributed by atoms with E-state index < -0.39 is 10.2 Å². The number of thiophene rings is 1. The van der Waals surface area contributed by atoms with Crippen LogP contribution in [0.5, 0.6) is 0 Å². The maximum atomic E-state index is 11.8. The zero-order valence-corrected chi connectivity index (χ0v) is 12.3. The van der Waals surface area contributed by atoms with Crippen LogP contribution in [0.15, 0.2) is 11.4 Å². The summed E-state index contributed by atoms with van der Waals surface area (Å²) < 4.78 is 26.1. The van der Waals surface area contributed by atoms with E-state index in [1.807, 2.05) is 11.4 Å². The van der Waals surface area contributed by atoms with Gasteiger partial charge in [-0.3, -0.25) is 0 Å². The van der Waals surface area contributed by atoms with E-state index >= 15 is 0 Å². The van der Waals surface area contributed by atoms with Gasteiger partial charge in [-0.05, 0) is 6.07 Å². The Morgan fingerprint density at radius 3 is 2.61 bits per heavy atom. The van der Waals surface area contributed by atoms with Crippen molar-refractivity contribution in [3.63, 3.8) is 0 Å². The van der Waals surface area contributed by atoms with E-state index in [0.717, 1.165) is 10.4 Å². The molecule has 100 valence electrons. The largest absolute Gasteiger partial charge is 0.320 e. The summed E-state index contributed by atoms with van der Waals surface area (Å²) >= 11 is 1.49. The molecule has 0 aliphatic carbocycles. The van der Waals surface area contributed by atoms with Crippen LogP contribution < -0.4 is 5.73 Å². The van der Waals surface area contributed by atoms with E-state index in [4.69, 9.17) is 5.73 Å². The highest BCUT2D eigenvalue weighted by molar-refractivity contribution is 7.86. The van der Waals surface area contributed by atoms with Crippen LogP contribution in [0.4, 0.5) is 0 Å². The molecule has 1 aromatic rings. The van der Waals surface area contributed by atoms with Crippen LogP contribution in [0.2, 0.25) is 0 Å². The Balaban J connectivity index is 2.77. The summed E-state index contributed by atoms with van der Waals surface area (Å²) in [5, 5.41) is 1.90. The highest BCUT2D eigenvalue weighted by Crippen LogP contribution is 2.17. The first kappa shape index (κ1) is 15.1. The molecule has 0 amide bonds. The van der Waals surface area contributed by atoms with Gasteiger partial charge in [0.05, 0.1) is 6.54 Å². The molecule has 0 unspecified atom stereocenters. The molecule has 0 aliphatic heterocycles. The molecule has 5 nitrogen and oxygen atoms in total. The van der Waals surface area contributed by atoms with Crippen LogP contribution in [0.1, 0.15) is 10.4 Å². The molecule has 0 spiro atoms. The van der Waals surface area contributed by atoms with Gasteiger partial charge in [0.1, 0.15) is 0 Å². The molecular formula is C11H17N3O2S2. The van der Waals surface area contributed by atoms with Crippen molar-refractivity contribution in [1.29, 1.82) is 0 Å². The average molecular weight is 287 g/mol. The zero-order chi connectivity index (χ0) is 13.8. The van der Waals surface area contributed by atoms with Crippen molar-refractivity contribution < 1.29 is 8.42 Å². The Hall–Kier alpha value is -0.910. The van der Waals surface area contributed by atoms with Gasteiger partial charge in [-0.15, -0.1) is 11.3 Å². The molecule has 2 N–H and O–H groups in total. The quantitative estimate of drug-likeness (QED) is 0.810. The Morgan fingerprint density at radius 2 is 2.06 bits per heavy atom. The fourth-order valence-electron chi connectivity index (χ4n) is 1.26. The van der Waals surface area contributed by atoms with E-state index in [-0.39, 0.29) is 0 Å². The van der Waals surface area contributed by atoms with Gasteiger partial charge in [0.25, 0.3) is 10.2 Å². The maximum Gasteiger partial charge on any atom is 0.281 e. The maximum absolute atomic E-state index is 11.8. The molecule has 0 saturated heterocycles. The van der Waals surface area contributed by atoms with Crippen LogP contribution in [-0.2, 0) is 16.8 Å². The van der Waals surface area contributed by atoms with E-state index in [1.54, 1.807) is 7.05 Å². The van der Waals surface area contributed by atoms with Crippen molar-refractivity contribution in [3.05, 3.63) is 21.9 Å². The van der Waals surface area contributed by atoms with Crippen molar-refractivity contribution in [3.8, 4) is 11.8 Å². The zero-order valence-electron chi connectivity index (χ0n) is 10.7. The van der Waals surface area contributed by atoms with Gasteiger partial charge in [0, 0.05) is 43.5 Å². The third kappa shape index (κ3) is 3.80. The first-order chi connectivity index (χ1) is 8.37. The second-order valence-corrected chi connectivity index (χ2v) is 7.10. The van der Waals surface area contributed by atoms with Gasteiger partial charge in [-0.25, -0.2) is 0 Å². The Morgan fingerprint density at radius 1 is 1.39 bits per heavy atom. The van der Waals surface area contributed by atoms with Crippen LogP contribution in [0, 0.1) is 11.8 Å². The number of hydrogen-bond donors (Lipinski definition) is 1. The first-order valence-corrected chi connectivity index (χ1v) is 7.55. The minimum atomic E-state index is -3.37. The van der Waals surface area contributed by atoms with Crippen LogP contribution >= 0.6 is 11.3 Å². The fraction of sp³-hybridized carbons (Fsp3) is 0.455.